The SMILES string of the molecule is Cc1cc2c(s1)Nc1ccccc1N=C2N1CCN(C2CCCCC2)CC1. The average molecular weight is 381 g/mol. The van der Waals surface area contributed by atoms with E-state index in [4.69, 9.17) is 4.99 Å². The van der Waals surface area contributed by atoms with Crippen LogP contribution in [0.15, 0.2) is 35.3 Å². The summed E-state index contributed by atoms with van der Waals surface area (Å²) in [6.45, 7) is 6.66. The molecule has 1 aromatic heterocycles. The Bertz CT molecular complexity index is 842. The number of aryl methyl sites for hydroxylation is 1. The van der Waals surface area contributed by atoms with Gasteiger partial charge in [-0.15, -0.1) is 11.3 Å². The van der Waals surface area contributed by atoms with Crippen LogP contribution in [0.25, 0.3) is 0 Å². The van der Waals surface area contributed by atoms with Crippen LogP contribution in [-0.4, -0.2) is 47.9 Å². The molecule has 142 valence electrons. The number of benzene rings is 1. The number of hydrogen-bond acceptors (Lipinski definition) is 5. The van der Waals surface area contributed by atoms with Gasteiger partial charge >= 0.3 is 0 Å². The van der Waals surface area contributed by atoms with Crippen molar-refractivity contribution in [2.45, 2.75) is 45.1 Å². The minimum absolute atomic E-state index is 0.818. The van der Waals surface area contributed by atoms with Gasteiger partial charge in [0.1, 0.15) is 10.8 Å². The average Bonchev–Trinajstić information content (AvgIpc) is 3.00. The summed E-state index contributed by atoms with van der Waals surface area (Å²) >= 11 is 1.83. The Morgan fingerprint density at radius 1 is 1.04 bits per heavy atom. The van der Waals surface area contributed by atoms with Crippen LogP contribution in [-0.2, 0) is 0 Å². The summed E-state index contributed by atoms with van der Waals surface area (Å²) in [7, 11) is 0. The van der Waals surface area contributed by atoms with Crippen LogP contribution in [0.2, 0.25) is 0 Å². The fourth-order valence-corrected chi connectivity index (χ4v) is 5.65. The molecule has 0 radical (unpaired) electrons. The molecule has 2 fully saturated rings. The van der Waals surface area contributed by atoms with Gasteiger partial charge in [0.2, 0.25) is 0 Å². The molecule has 5 rings (SSSR count). The zero-order valence-corrected chi connectivity index (χ0v) is 16.9. The molecule has 5 heteroatoms. The van der Waals surface area contributed by atoms with Crippen LogP contribution >= 0.6 is 11.3 Å². The van der Waals surface area contributed by atoms with Gasteiger partial charge < -0.3 is 10.2 Å². The molecule has 0 bridgehead atoms. The van der Waals surface area contributed by atoms with Crippen molar-refractivity contribution in [1.29, 1.82) is 0 Å². The fraction of sp³-hybridized carbons (Fsp3) is 0.500. The summed E-state index contributed by atoms with van der Waals surface area (Å²) in [6, 6.07) is 11.5. The fourth-order valence-electron chi connectivity index (χ4n) is 4.73. The van der Waals surface area contributed by atoms with Crippen molar-refractivity contribution in [2.75, 3.05) is 31.5 Å². The number of hydrogen-bond donors (Lipinski definition) is 1. The molecule has 0 unspecified atom stereocenters. The lowest BCUT2D eigenvalue weighted by atomic mass is 9.94. The zero-order valence-electron chi connectivity index (χ0n) is 16.1. The minimum atomic E-state index is 0.818. The van der Waals surface area contributed by atoms with Crippen molar-refractivity contribution in [2.24, 2.45) is 4.99 Å². The normalized spacial score (nSPS) is 21.1. The molecule has 1 N–H and O–H groups in total. The number of aliphatic imine (C=N–C) groups is 1. The van der Waals surface area contributed by atoms with Crippen LogP contribution in [0.1, 0.15) is 42.5 Å². The molecular weight excluding hydrogens is 352 g/mol. The topological polar surface area (TPSA) is 30.9 Å². The van der Waals surface area contributed by atoms with Crippen LogP contribution in [0.3, 0.4) is 0 Å². The van der Waals surface area contributed by atoms with E-state index in [1.807, 2.05) is 11.3 Å². The zero-order chi connectivity index (χ0) is 18.2. The third-order valence-corrected chi connectivity index (χ3v) is 7.15. The predicted octanol–water partition coefficient (Wildman–Crippen LogP) is 5.14. The summed E-state index contributed by atoms with van der Waals surface area (Å²) in [4.78, 5) is 11.7. The highest BCUT2D eigenvalue weighted by Gasteiger charge is 2.29. The summed E-state index contributed by atoms with van der Waals surface area (Å²) in [6.07, 6.45) is 7.05. The Labute approximate surface area is 165 Å². The summed E-state index contributed by atoms with van der Waals surface area (Å²) in [5.74, 6) is 1.15. The Hall–Kier alpha value is -1.85. The van der Waals surface area contributed by atoms with Crippen LogP contribution < -0.4 is 5.32 Å². The molecule has 3 aliphatic rings. The van der Waals surface area contributed by atoms with Crippen LogP contribution in [0.4, 0.5) is 16.4 Å². The third-order valence-electron chi connectivity index (χ3n) is 6.18. The largest absolute Gasteiger partial charge is 0.353 e. The third kappa shape index (κ3) is 3.39. The maximum absolute atomic E-state index is 5.12. The van der Waals surface area contributed by atoms with Gasteiger partial charge in [-0.2, -0.15) is 0 Å². The van der Waals surface area contributed by atoms with Crippen LogP contribution in [0.5, 0.6) is 0 Å². The van der Waals surface area contributed by atoms with E-state index in [0.29, 0.717) is 0 Å². The Balaban J connectivity index is 1.41. The number of para-hydroxylation sites is 2. The van der Waals surface area contributed by atoms with E-state index in [1.54, 1.807) is 0 Å². The van der Waals surface area contributed by atoms with Crippen molar-refractivity contribution in [3.63, 3.8) is 0 Å². The number of thiophene rings is 1. The quantitative estimate of drug-likeness (QED) is 0.743. The molecular formula is C22H28N4S. The van der Waals surface area contributed by atoms with E-state index in [1.165, 1.54) is 47.5 Å². The Morgan fingerprint density at radius 2 is 1.81 bits per heavy atom. The number of nitrogens with zero attached hydrogens (tertiary/aromatic N) is 3. The van der Waals surface area contributed by atoms with Gasteiger partial charge in [-0.25, -0.2) is 4.99 Å². The smallest absolute Gasteiger partial charge is 0.139 e. The maximum atomic E-state index is 5.12. The van der Waals surface area contributed by atoms with Crippen molar-refractivity contribution < 1.29 is 0 Å². The van der Waals surface area contributed by atoms with Crippen molar-refractivity contribution in [3.05, 3.63) is 40.8 Å². The van der Waals surface area contributed by atoms with Gasteiger partial charge in [0.15, 0.2) is 0 Å². The molecule has 1 saturated heterocycles. The lowest BCUT2D eigenvalue weighted by molar-refractivity contribution is 0.107. The molecule has 1 aliphatic carbocycles. The molecule has 4 nitrogen and oxygen atoms in total. The molecule has 0 amide bonds. The number of rotatable bonds is 1. The van der Waals surface area contributed by atoms with E-state index in [9.17, 15) is 0 Å². The first-order chi connectivity index (χ1) is 13.3. The van der Waals surface area contributed by atoms with Crippen LogP contribution in [0, 0.1) is 6.92 Å². The first-order valence-electron chi connectivity index (χ1n) is 10.3. The highest BCUT2D eigenvalue weighted by Crippen LogP contribution is 2.39. The van der Waals surface area contributed by atoms with E-state index in [-0.39, 0.29) is 0 Å². The second-order valence-corrected chi connectivity index (χ2v) is 9.25. The van der Waals surface area contributed by atoms with E-state index >= 15 is 0 Å². The highest BCUT2D eigenvalue weighted by molar-refractivity contribution is 7.16. The number of anilines is 2. The number of piperazine rings is 1. The predicted molar refractivity (Wildman–Crippen MR) is 115 cm³/mol. The minimum Gasteiger partial charge on any atom is -0.353 e. The summed E-state index contributed by atoms with van der Waals surface area (Å²) in [5, 5.41) is 4.85. The second-order valence-electron chi connectivity index (χ2n) is 7.99. The molecule has 0 spiro atoms. The van der Waals surface area contributed by atoms with E-state index in [0.717, 1.165) is 49.4 Å². The number of fused-ring (bicyclic) bond motifs is 2. The van der Waals surface area contributed by atoms with Gasteiger partial charge in [-0.3, -0.25) is 4.90 Å². The van der Waals surface area contributed by atoms with E-state index < -0.39 is 0 Å². The van der Waals surface area contributed by atoms with Crippen molar-refractivity contribution in [3.8, 4) is 0 Å². The molecule has 27 heavy (non-hydrogen) atoms. The van der Waals surface area contributed by atoms with Gasteiger partial charge in [0.05, 0.1) is 16.9 Å². The Morgan fingerprint density at radius 3 is 2.63 bits per heavy atom. The van der Waals surface area contributed by atoms with Gasteiger partial charge in [0, 0.05) is 37.1 Å². The summed E-state index contributed by atoms with van der Waals surface area (Å²) in [5.41, 5.74) is 3.42. The van der Waals surface area contributed by atoms with E-state index in [2.05, 4.69) is 52.4 Å². The summed E-state index contributed by atoms with van der Waals surface area (Å²) < 4.78 is 0. The molecule has 1 aromatic carbocycles. The molecule has 3 heterocycles. The van der Waals surface area contributed by atoms with Gasteiger partial charge in [-0.05, 0) is 38.0 Å². The second kappa shape index (κ2) is 7.28. The Kier molecular flexibility index (Phi) is 4.66. The van der Waals surface area contributed by atoms with Gasteiger partial charge in [-0.1, -0.05) is 31.4 Å². The lowest BCUT2D eigenvalue weighted by Crippen LogP contribution is -2.52. The first kappa shape index (κ1) is 17.3. The van der Waals surface area contributed by atoms with Crippen molar-refractivity contribution in [1.82, 2.24) is 9.80 Å². The monoisotopic (exact) mass is 380 g/mol. The molecule has 2 aliphatic heterocycles. The number of nitrogens with one attached hydrogen (secondary N) is 1. The number of amidine groups is 1. The van der Waals surface area contributed by atoms with Crippen molar-refractivity contribution >= 4 is 33.5 Å². The van der Waals surface area contributed by atoms with Gasteiger partial charge in [0.25, 0.3) is 0 Å². The molecule has 0 atom stereocenters. The molecule has 2 aromatic rings. The molecule has 1 saturated carbocycles. The standard InChI is InChI=1S/C22H28N4S/c1-16-15-18-21(23-19-9-5-6-10-20(19)24-22(18)27-16)26-13-11-25(12-14-26)17-7-3-2-4-8-17/h5-6,9-10,15,17,24H,2-4,7-8,11-14H2,1H3. The lowest BCUT2D eigenvalue weighted by Gasteiger charge is -2.41. The maximum Gasteiger partial charge on any atom is 0.139 e. The first-order valence-corrected chi connectivity index (χ1v) is 11.1. The highest BCUT2D eigenvalue weighted by atomic mass is 32.1.